The second-order valence-corrected chi connectivity index (χ2v) is 6.92. The Kier molecular flexibility index (Phi) is 4.40. The molecule has 3 rings (SSSR count). The van der Waals surface area contributed by atoms with Crippen LogP contribution in [-0.4, -0.2) is 36.0 Å². The van der Waals surface area contributed by atoms with Crippen molar-refractivity contribution in [1.82, 2.24) is 4.90 Å². The van der Waals surface area contributed by atoms with Gasteiger partial charge in [-0.15, -0.1) is 11.3 Å². The monoisotopic (exact) mass is 317 g/mol. The molecule has 1 aliphatic heterocycles. The number of piperazine rings is 1. The van der Waals surface area contributed by atoms with E-state index in [1.165, 1.54) is 9.75 Å². The highest BCUT2D eigenvalue weighted by Gasteiger charge is 2.18. The summed E-state index contributed by atoms with van der Waals surface area (Å²) in [6, 6.07) is 11.2. The van der Waals surface area contributed by atoms with Crippen molar-refractivity contribution >= 4 is 22.7 Å². The number of nitrogens with zero attached hydrogens (tertiary/aromatic N) is 3. The van der Waals surface area contributed by atoms with E-state index in [0.717, 1.165) is 38.4 Å². The van der Waals surface area contributed by atoms with Gasteiger partial charge < -0.3 is 4.90 Å². The summed E-state index contributed by atoms with van der Waals surface area (Å²) in [6.45, 7) is 7.12. The van der Waals surface area contributed by atoms with Gasteiger partial charge in [0.05, 0.1) is 4.92 Å². The summed E-state index contributed by atoms with van der Waals surface area (Å²) in [5.41, 5.74) is 1.22. The molecule has 0 unspecified atom stereocenters. The number of hydrogen-bond donors (Lipinski definition) is 0. The van der Waals surface area contributed by atoms with E-state index in [1.54, 1.807) is 12.1 Å². The molecule has 0 spiro atoms. The van der Waals surface area contributed by atoms with Crippen LogP contribution in [0.1, 0.15) is 9.75 Å². The molecule has 2 heterocycles. The van der Waals surface area contributed by atoms with Gasteiger partial charge in [-0.25, -0.2) is 0 Å². The maximum Gasteiger partial charge on any atom is 0.269 e. The van der Waals surface area contributed by atoms with Gasteiger partial charge in [0.2, 0.25) is 0 Å². The fraction of sp³-hybridized carbons (Fsp3) is 0.375. The van der Waals surface area contributed by atoms with E-state index in [1.807, 2.05) is 23.5 Å². The molecule has 1 fully saturated rings. The minimum Gasteiger partial charge on any atom is -0.369 e. The van der Waals surface area contributed by atoms with Gasteiger partial charge in [-0.1, -0.05) is 0 Å². The number of anilines is 1. The Hall–Kier alpha value is -1.92. The van der Waals surface area contributed by atoms with Gasteiger partial charge in [0.1, 0.15) is 0 Å². The number of hydrogen-bond acceptors (Lipinski definition) is 5. The first-order valence-corrected chi connectivity index (χ1v) is 8.20. The maximum atomic E-state index is 10.7. The van der Waals surface area contributed by atoms with Crippen LogP contribution in [0.2, 0.25) is 0 Å². The summed E-state index contributed by atoms with van der Waals surface area (Å²) in [7, 11) is 0. The van der Waals surface area contributed by atoms with Gasteiger partial charge in [0.15, 0.2) is 0 Å². The zero-order valence-electron chi connectivity index (χ0n) is 12.6. The van der Waals surface area contributed by atoms with Crippen LogP contribution in [0.3, 0.4) is 0 Å². The number of rotatable bonds is 4. The number of aryl methyl sites for hydroxylation is 1. The SMILES string of the molecule is Cc1ccc(CN2CCN(c3ccc([N+](=O)[O-])cc3)CC2)s1. The van der Waals surface area contributed by atoms with Crippen LogP contribution in [0.25, 0.3) is 0 Å². The van der Waals surface area contributed by atoms with Crippen LogP contribution in [0, 0.1) is 17.0 Å². The van der Waals surface area contributed by atoms with Gasteiger partial charge >= 0.3 is 0 Å². The molecule has 22 heavy (non-hydrogen) atoms. The van der Waals surface area contributed by atoms with Crippen molar-refractivity contribution in [2.45, 2.75) is 13.5 Å². The van der Waals surface area contributed by atoms with Crippen molar-refractivity contribution in [2.24, 2.45) is 0 Å². The molecule has 1 aromatic heterocycles. The number of benzene rings is 1. The lowest BCUT2D eigenvalue weighted by atomic mass is 10.2. The third-order valence-corrected chi connectivity index (χ3v) is 4.96. The molecule has 116 valence electrons. The summed E-state index contributed by atoms with van der Waals surface area (Å²) in [5.74, 6) is 0. The first-order valence-electron chi connectivity index (χ1n) is 7.39. The molecule has 5 nitrogen and oxygen atoms in total. The Morgan fingerprint density at radius 1 is 1.09 bits per heavy atom. The fourth-order valence-electron chi connectivity index (χ4n) is 2.74. The Balaban J connectivity index is 1.56. The normalized spacial score (nSPS) is 16.0. The van der Waals surface area contributed by atoms with Crippen LogP contribution in [0.4, 0.5) is 11.4 Å². The Labute approximate surface area is 133 Å². The smallest absolute Gasteiger partial charge is 0.269 e. The third-order valence-electron chi connectivity index (χ3n) is 3.97. The summed E-state index contributed by atoms with van der Waals surface area (Å²) in [6.07, 6.45) is 0. The molecule has 0 radical (unpaired) electrons. The lowest BCUT2D eigenvalue weighted by Crippen LogP contribution is -2.45. The molecule has 0 bridgehead atoms. The van der Waals surface area contributed by atoms with Crippen LogP contribution in [0.15, 0.2) is 36.4 Å². The molecule has 1 aromatic carbocycles. The van der Waals surface area contributed by atoms with Gasteiger partial charge in [-0.2, -0.15) is 0 Å². The van der Waals surface area contributed by atoms with E-state index in [4.69, 9.17) is 0 Å². The molecule has 0 aliphatic carbocycles. The lowest BCUT2D eigenvalue weighted by Gasteiger charge is -2.35. The van der Waals surface area contributed by atoms with Crippen molar-refractivity contribution in [2.75, 3.05) is 31.1 Å². The van der Waals surface area contributed by atoms with Crippen LogP contribution in [0.5, 0.6) is 0 Å². The largest absolute Gasteiger partial charge is 0.369 e. The Bertz CT molecular complexity index is 646. The molecule has 1 saturated heterocycles. The molecule has 0 amide bonds. The first-order chi connectivity index (χ1) is 10.6. The van der Waals surface area contributed by atoms with E-state index in [9.17, 15) is 10.1 Å². The highest BCUT2D eigenvalue weighted by Crippen LogP contribution is 2.22. The van der Waals surface area contributed by atoms with Crippen molar-refractivity contribution in [3.05, 3.63) is 56.3 Å². The average Bonchev–Trinajstić information content (AvgIpc) is 2.93. The second-order valence-electron chi connectivity index (χ2n) is 5.55. The molecular formula is C16H19N3O2S. The molecule has 2 aromatic rings. The highest BCUT2D eigenvalue weighted by atomic mass is 32.1. The zero-order chi connectivity index (χ0) is 15.5. The van der Waals surface area contributed by atoms with Crippen LogP contribution < -0.4 is 4.90 Å². The number of thiophene rings is 1. The minimum absolute atomic E-state index is 0.149. The topological polar surface area (TPSA) is 49.6 Å². The van der Waals surface area contributed by atoms with Gasteiger partial charge in [0, 0.05) is 60.3 Å². The predicted molar refractivity (Wildman–Crippen MR) is 89.6 cm³/mol. The summed E-state index contributed by atoms with van der Waals surface area (Å²) in [5, 5.41) is 10.7. The molecule has 0 saturated carbocycles. The van der Waals surface area contributed by atoms with E-state index < -0.39 is 0 Å². The van der Waals surface area contributed by atoms with Crippen molar-refractivity contribution in [3.63, 3.8) is 0 Å². The van der Waals surface area contributed by atoms with Gasteiger partial charge in [-0.3, -0.25) is 15.0 Å². The third kappa shape index (κ3) is 3.45. The number of nitro benzene ring substituents is 1. The van der Waals surface area contributed by atoms with E-state index in [-0.39, 0.29) is 10.6 Å². The highest BCUT2D eigenvalue weighted by molar-refractivity contribution is 7.11. The lowest BCUT2D eigenvalue weighted by molar-refractivity contribution is -0.384. The summed E-state index contributed by atoms with van der Waals surface area (Å²) >= 11 is 1.86. The summed E-state index contributed by atoms with van der Waals surface area (Å²) < 4.78 is 0. The minimum atomic E-state index is -0.356. The standard InChI is InChI=1S/C16H19N3O2S/c1-13-2-7-16(22-13)12-17-8-10-18(11-9-17)14-3-5-15(6-4-14)19(20)21/h2-7H,8-12H2,1H3. The Morgan fingerprint density at radius 3 is 2.32 bits per heavy atom. The van der Waals surface area contributed by atoms with Gasteiger partial charge in [-0.05, 0) is 31.2 Å². The molecule has 6 heteroatoms. The predicted octanol–water partition coefficient (Wildman–Crippen LogP) is 3.29. The fourth-order valence-corrected chi connectivity index (χ4v) is 3.67. The first kappa shape index (κ1) is 15.0. The number of nitro groups is 1. The maximum absolute atomic E-state index is 10.7. The zero-order valence-corrected chi connectivity index (χ0v) is 13.4. The molecule has 0 N–H and O–H groups in total. The van der Waals surface area contributed by atoms with E-state index >= 15 is 0 Å². The van der Waals surface area contributed by atoms with E-state index in [0.29, 0.717) is 0 Å². The molecular weight excluding hydrogens is 298 g/mol. The summed E-state index contributed by atoms with van der Waals surface area (Å²) in [4.78, 5) is 17.9. The van der Waals surface area contributed by atoms with Crippen molar-refractivity contribution < 1.29 is 4.92 Å². The van der Waals surface area contributed by atoms with Crippen molar-refractivity contribution in [3.8, 4) is 0 Å². The Morgan fingerprint density at radius 2 is 1.77 bits per heavy atom. The average molecular weight is 317 g/mol. The second kappa shape index (κ2) is 6.46. The molecule has 0 atom stereocenters. The van der Waals surface area contributed by atoms with Crippen LogP contribution >= 0.6 is 11.3 Å². The number of non-ortho nitro benzene ring substituents is 1. The van der Waals surface area contributed by atoms with Gasteiger partial charge in [0.25, 0.3) is 5.69 Å². The van der Waals surface area contributed by atoms with E-state index in [2.05, 4.69) is 28.9 Å². The van der Waals surface area contributed by atoms with Crippen molar-refractivity contribution in [1.29, 1.82) is 0 Å². The quantitative estimate of drug-likeness (QED) is 0.641. The van der Waals surface area contributed by atoms with Crippen LogP contribution in [-0.2, 0) is 6.54 Å². The molecule has 1 aliphatic rings.